The molecule has 1 fully saturated rings. The summed E-state index contributed by atoms with van der Waals surface area (Å²) in [5.74, 6) is 1.09. The Bertz CT molecular complexity index is 845. The molecule has 0 bridgehead atoms. The Labute approximate surface area is 170 Å². The van der Waals surface area contributed by atoms with Crippen molar-refractivity contribution in [2.45, 2.75) is 31.9 Å². The van der Waals surface area contributed by atoms with Crippen LogP contribution in [0, 0.1) is 0 Å². The van der Waals surface area contributed by atoms with Gasteiger partial charge in [0.25, 0.3) is 11.8 Å². The van der Waals surface area contributed by atoms with Crippen LogP contribution in [0.1, 0.15) is 30.1 Å². The van der Waals surface area contributed by atoms with Crippen molar-refractivity contribution in [3.63, 3.8) is 0 Å². The van der Waals surface area contributed by atoms with Crippen LogP contribution in [0.3, 0.4) is 0 Å². The molecule has 7 nitrogen and oxygen atoms in total. The number of rotatable bonds is 6. The van der Waals surface area contributed by atoms with E-state index in [9.17, 15) is 14.7 Å². The lowest BCUT2D eigenvalue weighted by Crippen LogP contribution is -2.49. The maximum atomic E-state index is 12.6. The van der Waals surface area contributed by atoms with Gasteiger partial charge in [0.15, 0.2) is 6.10 Å². The van der Waals surface area contributed by atoms with Crippen molar-refractivity contribution in [1.29, 1.82) is 0 Å². The van der Waals surface area contributed by atoms with E-state index in [0.29, 0.717) is 43.0 Å². The number of methoxy groups -OCH3 is 1. The fourth-order valence-electron chi connectivity index (χ4n) is 3.31. The summed E-state index contributed by atoms with van der Waals surface area (Å²) in [6, 6.07) is 13.3. The van der Waals surface area contributed by atoms with Crippen molar-refractivity contribution < 1.29 is 24.2 Å². The van der Waals surface area contributed by atoms with E-state index in [1.807, 2.05) is 0 Å². The summed E-state index contributed by atoms with van der Waals surface area (Å²) in [5, 5.41) is 12.4. The lowest BCUT2D eigenvalue weighted by Gasteiger charge is -2.33. The summed E-state index contributed by atoms with van der Waals surface area (Å²) < 4.78 is 10.8. The molecule has 2 amide bonds. The number of ether oxygens (including phenoxy) is 2. The molecule has 1 atom stereocenters. The average Bonchev–Trinajstić information content (AvgIpc) is 2.75. The maximum absolute atomic E-state index is 12.6. The first-order valence-corrected chi connectivity index (χ1v) is 9.65. The number of carbonyl (C=O) groups excluding carboxylic acids is 2. The van der Waals surface area contributed by atoms with Crippen molar-refractivity contribution in [2.75, 3.05) is 20.2 Å². The molecule has 1 aliphatic rings. The highest BCUT2D eigenvalue weighted by Crippen LogP contribution is 2.19. The van der Waals surface area contributed by atoms with Crippen molar-refractivity contribution in [3.05, 3.63) is 54.1 Å². The quantitative estimate of drug-likeness (QED) is 0.781. The third-order valence-corrected chi connectivity index (χ3v) is 4.97. The second-order valence-electron chi connectivity index (χ2n) is 7.06. The number of carbonyl (C=O) groups is 2. The minimum Gasteiger partial charge on any atom is -0.508 e. The summed E-state index contributed by atoms with van der Waals surface area (Å²) in [6.45, 7) is 2.84. The van der Waals surface area contributed by atoms with Gasteiger partial charge in [-0.3, -0.25) is 9.59 Å². The number of likely N-dealkylation sites (tertiary alicyclic amines) is 1. The third kappa shape index (κ3) is 5.40. The van der Waals surface area contributed by atoms with Gasteiger partial charge in [-0.2, -0.15) is 0 Å². The third-order valence-electron chi connectivity index (χ3n) is 4.97. The number of benzene rings is 2. The van der Waals surface area contributed by atoms with Gasteiger partial charge in [-0.1, -0.05) is 6.07 Å². The predicted molar refractivity (Wildman–Crippen MR) is 108 cm³/mol. The zero-order valence-electron chi connectivity index (χ0n) is 16.6. The fraction of sp³-hybridized carbons (Fsp3) is 0.364. The lowest BCUT2D eigenvalue weighted by molar-refractivity contribution is -0.139. The highest BCUT2D eigenvalue weighted by molar-refractivity contribution is 5.94. The summed E-state index contributed by atoms with van der Waals surface area (Å²) in [5.41, 5.74) is 0.554. The fourth-order valence-corrected chi connectivity index (χ4v) is 3.31. The second kappa shape index (κ2) is 9.32. The molecule has 0 aromatic heterocycles. The van der Waals surface area contributed by atoms with Gasteiger partial charge in [0.05, 0.1) is 7.11 Å². The molecule has 1 heterocycles. The van der Waals surface area contributed by atoms with Crippen LogP contribution in [0.25, 0.3) is 0 Å². The molecule has 2 N–H and O–H groups in total. The topological polar surface area (TPSA) is 88.1 Å². The Hall–Kier alpha value is -3.22. The molecule has 1 saturated heterocycles. The van der Waals surface area contributed by atoms with Crippen molar-refractivity contribution >= 4 is 11.8 Å². The largest absolute Gasteiger partial charge is 0.508 e. The molecular weight excluding hydrogens is 372 g/mol. The van der Waals surface area contributed by atoms with E-state index in [-0.39, 0.29) is 23.6 Å². The molecule has 2 aromatic carbocycles. The molecule has 2 aromatic rings. The Morgan fingerprint density at radius 3 is 2.45 bits per heavy atom. The average molecular weight is 398 g/mol. The van der Waals surface area contributed by atoms with Gasteiger partial charge in [0.1, 0.15) is 17.2 Å². The van der Waals surface area contributed by atoms with E-state index in [4.69, 9.17) is 9.47 Å². The van der Waals surface area contributed by atoms with E-state index in [1.165, 1.54) is 12.1 Å². The highest BCUT2D eigenvalue weighted by atomic mass is 16.5. The molecular formula is C22H26N2O5. The Balaban J connectivity index is 1.48. The van der Waals surface area contributed by atoms with Gasteiger partial charge < -0.3 is 24.8 Å². The van der Waals surface area contributed by atoms with Gasteiger partial charge in [0, 0.05) is 24.7 Å². The Kier molecular flexibility index (Phi) is 6.59. The van der Waals surface area contributed by atoms with Crippen molar-refractivity contribution in [3.8, 4) is 17.2 Å². The molecule has 0 aliphatic carbocycles. The number of phenolic OH excluding ortho intramolecular Hbond substituents is 1. The first-order chi connectivity index (χ1) is 14.0. The summed E-state index contributed by atoms with van der Waals surface area (Å²) in [6.07, 6.45) is 0.753. The molecule has 0 radical (unpaired) electrons. The zero-order valence-corrected chi connectivity index (χ0v) is 16.6. The molecule has 7 heteroatoms. The number of aromatic hydroxyl groups is 1. The van der Waals surface area contributed by atoms with E-state index in [2.05, 4.69) is 5.32 Å². The molecule has 1 unspecified atom stereocenters. The number of piperidine rings is 1. The molecule has 0 saturated carbocycles. The van der Waals surface area contributed by atoms with Crippen LogP contribution >= 0.6 is 0 Å². The number of nitrogens with zero attached hydrogens (tertiary/aromatic N) is 1. The summed E-state index contributed by atoms with van der Waals surface area (Å²) in [7, 11) is 1.57. The number of phenols is 1. The maximum Gasteiger partial charge on any atom is 0.263 e. The van der Waals surface area contributed by atoms with Gasteiger partial charge in [-0.25, -0.2) is 0 Å². The molecule has 1 aliphatic heterocycles. The number of nitrogens with one attached hydrogen (secondary N) is 1. The summed E-state index contributed by atoms with van der Waals surface area (Å²) >= 11 is 0. The summed E-state index contributed by atoms with van der Waals surface area (Å²) in [4.78, 5) is 26.9. The minimum absolute atomic E-state index is 0.0195. The normalized spacial score (nSPS) is 15.4. The van der Waals surface area contributed by atoms with Crippen LogP contribution in [-0.4, -0.2) is 54.2 Å². The monoisotopic (exact) mass is 398 g/mol. The minimum atomic E-state index is -0.623. The molecule has 3 rings (SSSR count). The van der Waals surface area contributed by atoms with Gasteiger partial charge in [-0.05, 0) is 62.2 Å². The standard InChI is InChI=1S/C22H26N2O5/c1-15(29-19-8-6-18(25)7-9-19)22(27)24-12-10-17(11-13-24)23-21(26)16-4-3-5-20(14-16)28-2/h3-9,14-15,17,25H,10-13H2,1-2H3,(H,23,26). The number of amides is 2. The second-order valence-corrected chi connectivity index (χ2v) is 7.06. The van der Waals surface area contributed by atoms with Crippen LogP contribution in [-0.2, 0) is 4.79 Å². The van der Waals surface area contributed by atoms with Crippen LogP contribution in [0.15, 0.2) is 48.5 Å². The molecule has 154 valence electrons. The molecule has 29 heavy (non-hydrogen) atoms. The van der Waals surface area contributed by atoms with Gasteiger partial charge in [-0.15, -0.1) is 0 Å². The van der Waals surface area contributed by atoms with Crippen LogP contribution in [0.5, 0.6) is 17.2 Å². The molecule has 0 spiro atoms. The van der Waals surface area contributed by atoms with E-state index >= 15 is 0 Å². The van der Waals surface area contributed by atoms with Gasteiger partial charge >= 0.3 is 0 Å². The lowest BCUT2D eigenvalue weighted by atomic mass is 10.0. The predicted octanol–water partition coefficient (Wildman–Crippen LogP) is 2.59. The Morgan fingerprint density at radius 2 is 1.79 bits per heavy atom. The van der Waals surface area contributed by atoms with E-state index < -0.39 is 6.10 Å². The zero-order chi connectivity index (χ0) is 20.8. The van der Waals surface area contributed by atoms with Crippen LogP contribution in [0.4, 0.5) is 0 Å². The van der Waals surface area contributed by atoms with Crippen LogP contribution < -0.4 is 14.8 Å². The smallest absolute Gasteiger partial charge is 0.263 e. The van der Waals surface area contributed by atoms with Crippen LogP contribution in [0.2, 0.25) is 0 Å². The van der Waals surface area contributed by atoms with Crippen molar-refractivity contribution in [1.82, 2.24) is 10.2 Å². The Morgan fingerprint density at radius 1 is 1.10 bits per heavy atom. The first-order valence-electron chi connectivity index (χ1n) is 9.65. The number of hydrogen-bond donors (Lipinski definition) is 2. The highest BCUT2D eigenvalue weighted by Gasteiger charge is 2.28. The first kappa shape index (κ1) is 20.5. The van der Waals surface area contributed by atoms with Gasteiger partial charge in [0.2, 0.25) is 0 Å². The van der Waals surface area contributed by atoms with E-state index in [1.54, 1.807) is 55.3 Å². The number of hydrogen-bond acceptors (Lipinski definition) is 5. The SMILES string of the molecule is COc1cccc(C(=O)NC2CCN(C(=O)C(C)Oc3ccc(O)cc3)CC2)c1. The van der Waals surface area contributed by atoms with Crippen molar-refractivity contribution in [2.24, 2.45) is 0 Å². The van der Waals surface area contributed by atoms with E-state index in [0.717, 1.165) is 0 Å².